The molecule has 1 fully saturated rings. The van der Waals surface area contributed by atoms with Crippen molar-refractivity contribution in [3.63, 3.8) is 0 Å². The third-order valence-electron chi connectivity index (χ3n) is 3.85. The lowest BCUT2D eigenvalue weighted by atomic mass is 9.90. The molecular formula is C19H19N. The zero-order chi connectivity index (χ0) is 13.6. The second kappa shape index (κ2) is 6.41. The summed E-state index contributed by atoms with van der Waals surface area (Å²) in [6.45, 7) is 2.28. The summed E-state index contributed by atoms with van der Waals surface area (Å²) in [7, 11) is 0. The summed E-state index contributed by atoms with van der Waals surface area (Å²) in [6, 6.07) is 18.9. The second-order valence-electron chi connectivity index (χ2n) is 5.26. The minimum Gasteiger partial charge on any atom is -0.317 e. The zero-order valence-electron chi connectivity index (χ0n) is 11.6. The van der Waals surface area contributed by atoms with Gasteiger partial charge in [-0.2, -0.15) is 0 Å². The van der Waals surface area contributed by atoms with Gasteiger partial charge in [-0.1, -0.05) is 42.2 Å². The molecule has 0 spiro atoms. The zero-order valence-corrected chi connectivity index (χ0v) is 11.6. The number of nitrogens with one attached hydrogen (secondary N) is 1. The van der Waals surface area contributed by atoms with Gasteiger partial charge in [0, 0.05) is 11.1 Å². The lowest BCUT2D eigenvalue weighted by molar-refractivity contribution is 0.460. The Kier molecular flexibility index (Phi) is 4.16. The maximum atomic E-state index is 3.41. The van der Waals surface area contributed by atoms with E-state index in [-0.39, 0.29) is 0 Å². The molecule has 1 aliphatic rings. The number of benzene rings is 2. The fraction of sp³-hybridized carbons (Fsp3) is 0.263. The van der Waals surface area contributed by atoms with Crippen LogP contribution in [0.25, 0.3) is 0 Å². The molecule has 0 aromatic heterocycles. The minimum atomic E-state index is 0.715. The van der Waals surface area contributed by atoms with Gasteiger partial charge >= 0.3 is 0 Å². The van der Waals surface area contributed by atoms with E-state index in [0.29, 0.717) is 5.92 Å². The molecule has 20 heavy (non-hydrogen) atoms. The first-order chi connectivity index (χ1) is 9.92. The van der Waals surface area contributed by atoms with Crippen molar-refractivity contribution in [3.8, 4) is 11.8 Å². The molecule has 2 aromatic carbocycles. The van der Waals surface area contributed by atoms with E-state index >= 15 is 0 Å². The van der Waals surface area contributed by atoms with Crippen LogP contribution in [0.2, 0.25) is 0 Å². The summed E-state index contributed by atoms with van der Waals surface area (Å²) in [5.41, 5.74) is 3.61. The van der Waals surface area contributed by atoms with E-state index in [0.717, 1.165) is 24.2 Å². The van der Waals surface area contributed by atoms with E-state index in [4.69, 9.17) is 0 Å². The molecule has 0 aliphatic carbocycles. The maximum absolute atomic E-state index is 3.41. The average molecular weight is 261 g/mol. The number of rotatable bonds is 1. The fourth-order valence-electron chi connectivity index (χ4n) is 2.66. The van der Waals surface area contributed by atoms with Crippen molar-refractivity contribution in [2.24, 2.45) is 0 Å². The van der Waals surface area contributed by atoms with E-state index in [1.54, 1.807) is 0 Å². The lowest BCUT2D eigenvalue weighted by Crippen LogP contribution is -2.26. The first kappa shape index (κ1) is 13.0. The van der Waals surface area contributed by atoms with Gasteiger partial charge in [0.05, 0.1) is 0 Å². The smallest absolute Gasteiger partial charge is 0.0249 e. The van der Waals surface area contributed by atoms with Crippen LogP contribution < -0.4 is 5.32 Å². The van der Waals surface area contributed by atoms with Crippen molar-refractivity contribution < 1.29 is 0 Å². The van der Waals surface area contributed by atoms with Crippen LogP contribution in [0.3, 0.4) is 0 Å². The molecule has 0 bridgehead atoms. The monoisotopic (exact) mass is 261 g/mol. The SMILES string of the molecule is C(#Cc1ccc(C2CCNCC2)cc1)c1ccccc1. The van der Waals surface area contributed by atoms with Crippen LogP contribution in [0.1, 0.15) is 35.4 Å². The summed E-state index contributed by atoms with van der Waals surface area (Å²) >= 11 is 0. The van der Waals surface area contributed by atoms with Gasteiger partial charge in [-0.15, -0.1) is 0 Å². The van der Waals surface area contributed by atoms with Crippen LogP contribution in [0.4, 0.5) is 0 Å². The molecular weight excluding hydrogens is 242 g/mol. The Labute approximate surface area is 121 Å². The Morgan fingerprint density at radius 1 is 0.750 bits per heavy atom. The Morgan fingerprint density at radius 2 is 1.35 bits per heavy atom. The third kappa shape index (κ3) is 3.29. The molecule has 0 amide bonds. The summed E-state index contributed by atoms with van der Waals surface area (Å²) in [6.07, 6.45) is 2.49. The molecule has 1 heterocycles. The second-order valence-corrected chi connectivity index (χ2v) is 5.26. The molecule has 1 nitrogen and oxygen atoms in total. The topological polar surface area (TPSA) is 12.0 Å². The van der Waals surface area contributed by atoms with Crippen LogP contribution >= 0.6 is 0 Å². The van der Waals surface area contributed by atoms with Crippen molar-refractivity contribution in [2.75, 3.05) is 13.1 Å². The standard InChI is InChI=1S/C19H19N/c1-2-4-16(5-3-1)6-7-17-8-10-18(11-9-17)19-12-14-20-15-13-19/h1-5,8-11,19-20H,12-15H2. The van der Waals surface area contributed by atoms with E-state index in [9.17, 15) is 0 Å². The molecule has 0 radical (unpaired) electrons. The van der Waals surface area contributed by atoms with Crippen molar-refractivity contribution in [1.82, 2.24) is 5.32 Å². The molecule has 0 unspecified atom stereocenters. The highest BCUT2D eigenvalue weighted by molar-refractivity contribution is 5.43. The van der Waals surface area contributed by atoms with Crippen LogP contribution in [0.15, 0.2) is 54.6 Å². The Hall–Kier alpha value is -2.04. The van der Waals surface area contributed by atoms with Crippen molar-refractivity contribution in [1.29, 1.82) is 0 Å². The highest BCUT2D eigenvalue weighted by Gasteiger charge is 2.14. The fourth-order valence-corrected chi connectivity index (χ4v) is 2.66. The van der Waals surface area contributed by atoms with Gasteiger partial charge < -0.3 is 5.32 Å². The first-order valence-corrected chi connectivity index (χ1v) is 7.29. The Balaban J connectivity index is 1.72. The van der Waals surface area contributed by atoms with Gasteiger partial charge in [0.1, 0.15) is 0 Å². The van der Waals surface area contributed by atoms with E-state index in [1.165, 1.54) is 18.4 Å². The molecule has 1 heteroatoms. The quantitative estimate of drug-likeness (QED) is 0.774. The molecule has 3 rings (SSSR count). The molecule has 2 aromatic rings. The van der Waals surface area contributed by atoms with Crippen LogP contribution in [-0.2, 0) is 0 Å². The van der Waals surface area contributed by atoms with Gasteiger partial charge in [-0.3, -0.25) is 0 Å². The van der Waals surface area contributed by atoms with Gasteiger partial charge in [0.25, 0.3) is 0 Å². The van der Waals surface area contributed by atoms with Crippen LogP contribution in [0, 0.1) is 11.8 Å². The highest BCUT2D eigenvalue weighted by Crippen LogP contribution is 2.25. The van der Waals surface area contributed by atoms with Gasteiger partial charge in [0.2, 0.25) is 0 Å². The predicted molar refractivity (Wildman–Crippen MR) is 83.7 cm³/mol. The van der Waals surface area contributed by atoms with Crippen LogP contribution in [-0.4, -0.2) is 13.1 Å². The van der Waals surface area contributed by atoms with Gasteiger partial charge in [0.15, 0.2) is 0 Å². The predicted octanol–water partition coefficient (Wildman–Crippen LogP) is 3.55. The van der Waals surface area contributed by atoms with Crippen molar-refractivity contribution in [2.45, 2.75) is 18.8 Å². The Bertz CT molecular complexity index is 596. The summed E-state index contributed by atoms with van der Waals surface area (Å²) in [4.78, 5) is 0. The number of hydrogen-bond acceptors (Lipinski definition) is 1. The minimum absolute atomic E-state index is 0.715. The summed E-state index contributed by atoms with van der Waals surface area (Å²) < 4.78 is 0. The van der Waals surface area contributed by atoms with Crippen molar-refractivity contribution >= 4 is 0 Å². The van der Waals surface area contributed by atoms with E-state index in [2.05, 4.69) is 41.4 Å². The lowest BCUT2D eigenvalue weighted by Gasteiger charge is -2.22. The van der Waals surface area contributed by atoms with Crippen molar-refractivity contribution in [3.05, 3.63) is 71.3 Å². The molecule has 0 saturated carbocycles. The molecule has 1 N–H and O–H groups in total. The number of piperidine rings is 1. The molecule has 0 atom stereocenters. The van der Waals surface area contributed by atoms with Gasteiger partial charge in [-0.05, 0) is 61.7 Å². The van der Waals surface area contributed by atoms with E-state index < -0.39 is 0 Å². The van der Waals surface area contributed by atoms with Crippen LogP contribution in [0.5, 0.6) is 0 Å². The molecule has 1 saturated heterocycles. The normalized spacial score (nSPS) is 15.4. The van der Waals surface area contributed by atoms with Gasteiger partial charge in [-0.25, -0.2) is 0 Å². The summed E-state index contributed by atoms with van der Waals surface area (Å²) in [5.74, 6) is 7.14. The molecule has 1 aliphatic heterocycles. The molecule has 100 valence electrons. The Morgan fingerprint density at radius 3 is 2.00 bits per heavy atom. The third-order valence-corrected chi connectivity index (χ3v) is 3.85. The first-order valence-electron chi connectivity index (χ1n) is 7.29. The summed E-state index contributed by atoms with van der Waals surface area (Å²) in [5, 5.41) is 3.41. The highest BCUT2D eigenvalue weighted by atomic mass is 14.9. The maximum Gasteiger partial charge on any atom is 0.0249 e. The average Bonchev–Trinajstić information content (AvgIpc) is 2.55. The number of hydrogen-bond donors (Lipinski definition) is 1. The van der Waals surface area contributed by atoms with E-state index in [1.807, 2.05) is 30.3 Å². The largest absolute Gasteiger partial charge is 0.317 e.